The number of methoxy groups -OCH3 is 2. The van der Waals surface area contributed by atoms with Gasteiger partial charge in [0.25, 0.3) is 0 Å². The van der Waals surface area contributed by atoms with Gasteiger partial charge < -0.3 is 19.5 Å². The summed E-state index contributed by atoms with van der Waals surface area (Å²) in [6.45, 7) is 3.54. The molecule has 0 amide bonds. The van der Waals surface area contributed by atoms with Gasteiger partial charge in [0.1, 0.15) is 5.75 Å². The van der Waals surface area contributed by atoms with Crippen molar-refractivity contribution < 1.29 is 14.2 Å². The van der Waals surface area contributed by atoms with Crippen molar-refractivity contribution in [1.82, 2.24) is 5.32 Å². The summed E-state index contributed by atoms with van der Waals surface area (Å²) >= 11 is 0. The van der Waals surface area contributed by atoms with Crippen LogP contribution in [0.15, 0.2) is 24.3 Å². The molecule has 106 valence electrons. The molecule has 0 heterocycles. The fourth-order valence-corrected chi connectivity index (χ4v) is 2.56. The van der Waals surface area contributed by atoms with Crippen LogP contribution in [0.2, 0.25) is 0 Å². The normalized spacial score (nSPS) is 25.9. The Bertz CT molecular complexity index is 397. The molecule has 1 aliphatic carbocycles. The number of para-hydroxylation sites is 1. The largest absolute Gasteiger partial charge is 0.496 e. The summed E-state index contributed by atoms with van der Waals surface area (Å²) in [4.78, 5) is 0. The number of hydrogen-bond donors (Lipinski definition) is 1. The molecule has 2 rings (SSSR count). The zero-order valence-corrected chi connectivity index (χ0v) is 11.9. The first-order chi connectivity index (χ1) is 9.30. The molecular formula is C15H23NO3. The Kier molecular flexibility index (Phi) is 5.19. The van der Waals surface area contributed by atoms with Crippen LogP contribution in [-0.4, -0.2) is 39.1 Å². The standard InChI is InChI=1S/C15H23NO3/c1-4-19-14-9-12(15(14)18-3)16-10-11-7-5-6-8-13(11)17-2/h5-8,12,14-16H,4,9-10H2,1-3H3. The maximum absolute atomic E-state index is 5.62. The molecule has 0 saturated heterocycles. The number of benzene rings is 1. The smallest absolute Gasteiger partial charge is 0.123 e. The van der Waals surface area contributed by atoms with Crippen LogP contribution in [0.25, 0.3) is 0 Å². The van der Waals surface area contributed by atoms with E-state index in [0.29, 0.717) is 6.04 Å². The third-order valence-corrected chi connectivity index (χ3v) is 3.65. The van der Waals surface area contributed by atoms with Gasteiger partial charge in [-0.3, -0.25) is 0 Å². The highest BCUT2D eigenvalue weighted by atomic mass is 16.5. The van der Waals surface area contributed by atoms with E-state index in [1.807, 2.05) is 25.1 Å². The summed E-state index contributed by atoms with van der Waals surface area (Å²) in [6, 6.07) is 8.42. The summed E-state index contributed by atoms with van der Waals surface area (Å²) in [5.74, 6) is 0.921. The van der Waals surface area contributed by atoms with Crippen molar-refractivity contribution in [1.29, 1.82) is 0 Å². The van der Waals surface area contributed by atoms with Gasteiger partial charge in [-0.15, -0.1) is 0 Å². The van der Waals surface area contributed by atoms with Crippen LogP contribution >= 0.6 is 0 Å². The Labute approximate surface area is 115 Å². The van der Waals surface area contributed by atoms with E-state index in [0.717, 1.165) is 25.3 Å². The van der Waals surface area contributed by atoms with Crippen molar-refractivity contribution in [3.8, 4) is 5.75 Å². The molecule has 0 aliphatic heterocycles. The predicted molar refractivity (Wildman–Crippen MR) is 74.4 cm³/mol. The van der Waals surface area contributed by atoms with Crippen LogP contribution in [0.3, 0.4) is 0 Å². The van der Waals surface area contributed by atoms with E-state index in [4.69, 9.17) is 14.2 Å². The first-order valence-corrected chi connectivity index (χ1v) is 6.79. The Morgan fingerprint density at radius 2 is 2.05 bits per heavy atom. The second-order valence-electron chi connectivity index (χ2n) is 4.73. The number of hydrogen-bond acceptors (Lipinski definition) is 4. The zero-order valence-electron chi connectivity index (χ0n) is 11.9. The summed E-state index contributed by atoms with van der Waals surface area (Å²) in [5, 5.41) is 3.51. The molecule has 0 aromatic heterocycles. The van der Waals surface area contributed by atoms with E-state index in [1.54, 1.807) is 14.2 Å². The molecule has 1 N–H and O–H groups in total. The maximum atomic E-state index is 5.62. The Morgan fingerprint density at radius 1 is 1.26 bits per heavy atom. The number of rotatable bonds is 7. The molecule has 4 heteroatoms. The van der Waals surface area contributed by atoms with Gasteiger partial charge in [-0.25, -0.2) is 0 Å². The van der Waals surface area contributed by atoms with Crippen LogP contribution in [0.5, 0.6) is 5.75 Å². The van der Waals surface area contributed by atoms with Crippen molar-refractivity contribution in [2.24, 2.45) is 0 Å². The third-order valence-electron chi connectivity index (χ3n) is 3.65. The van der Waals surface area contributed by atoms with E-state index < -0.39 is 0 Å². The van der Waals surface area contributed by atoms with E-state index in [2.05, 4.69) is 11.4 Å². The summed E-state index contributed by atoms with van der Waals surface area (Å²) < 4.78 is 16.5. The summed E-state index contributed by atoms with van der Waals surface area (Å²) in [6.07, 6.45) is 1.38. The molecule has 0 bridgehead atoms. The van der Waals surface area contributed by atoms with Crippen molar-refractivity contribution in [3.05, 3.63) is 29.8 Å². The molecule has 1 saturated carbocycles. The Hall–Kier alpha value is -1.10. The summed E-state index contributed by atoms with van der Waals surface area (Å²) in [7, 11) is 3.44. The molecule has 0 radical (unpaired) electrons. The molecule has 1 fully saturated rings. The molecule has 3 atom stereocenters. The fraction of sp³-hybridized carbons (Fsp3) is 0.600. The van der Waals surface area contributed by atoms with Gasteiger partial charge in [-0.05, 0) is 19.4 Å². The van der Waals surface area contributed by atoms with Gasteiger partial charge in [0.2, 0.25) is 0 Å². The molecule has 1 aliphatic rings. The number of ether oxygens (including phenoxy) is 3. The second-order valence-corrected chi connectivity index (χ2v) is 4.73. The Balaban J connectivity index is 1.86. The number of nitrogens with one attached hydrogen (secondary N) is 1. The van der Waals surface area contributed by atoms with Gasteiger partial charge in [-0.1, -0.05) is 18.2 Å². The average molecular weight is 265 g/mol. The first-order valence-electron chi connectivity index (χ1n) is 6.79. The van der Waals surface area contributed by atoms with Gasteiger partial charge in [0.15, 0.2) is 0 Å². The lowest BCUT2D eigenvalue weighted by molar-refractivity contribution is -0.131. The highest BCUT2D eigenvalue weighted by Crippen LogP contribution is 2.27. The van der Waals surface area contributed by atoms with Gasteiger partial charge in [0, 0.05) is 31.9 Å². The highest BCUT2D eigenvalue weighted by molar-refractivity contribution is 5.33. The lowest BCUT2D eigenvalue weighted by Crippen LogP contribution is -2.59. The van der Waals surface area contributed by atoms with Crippen molar-refractivity contribution in [2.45, 2.75) is 38.1 Å². The first kappa shape index (κ1) is 14.3. The molecule has 19 heavy (non-hydrogen) atoms. The monoisotopic (exact) mass is 265 g/mol. The van der Waals surface area contributed by atoms with Gasteiger partial charge in [-0.2, -0.15) is 0 Å². The lowest BCUT2D eigenvalue weighted by atomic mass is 9.85. The van der Waals surface area contributed by atoms with E-state index in [9.17, 15) is 0 Å². The highest BCUT2D eigenvalue weighted by Gasteiger charge is 2.41. The zero-order chi connectivity index (χ0) is 13.7. The van der Waals surface area contributed by atoms with Gasteiger partial charge in [0.05, 0.1) is 19.3 Å². The lowest BCUT2D eigenvalue weighted by Gasteiger charge is -2.43. The SMILES string of the molecule is CCOC1CC(NCc2ccccc2OC)C1OC. The topological polar surface area (TPSA) is 39.7 Å². The van der Waals surface area contributed by atoms with E-state index >= 15 is 0 Å². The minimum absolute atomic E-state index is 0.148. The minimum Gasteiger partial charge on any atom is -0.496 e. The van der Waals surface area contributed by atoms with Crippen molar-refractivity contribution >= 4 is 0 Å². The fourth-order valence-electron chi connectivity index (χ4n) is 2.56. The molecule has 1 aromatic rings. The van der Waals surface area contributed by atoms with Crippen LogP contribution in [0, 0.1) is 0 Å². The molecular weight excluding hydrogens is 242 g/mol. The van der Waals surface area contributed by atoms with Crippen LogP contribution in [0.1, 0.15) is 18.9 Å². The molecule has 1 aromatic carbocycles. The second kappa shape index (κ2) is 6.89. The Morgan fingerprint density at radius 3 is 2.74 bits per heavy atom. The summed E-state index contributed by atoms with van der Waals surface area (Å²) in [5.41, 5.74) is 1.17. The van der Waals surface area contributed by atoms with Crippen molar-refractivity contribution in [2.75, 3.05) is 20.8 Å². The third kappa shape index (κ3) is 3.26. The van der Waals surface area contributed by atoms with E-state index in [-0.39, 0.29) is 12.2 Å². The van der Waals surface area contributed by atoms with Crippen LogP contribution in [-0.2, 0) is 16.0 Å². The van der Waals surface area contributed by atoms with Gasteiger partial charge >= 0.3 is 0 Å². The van der Waals surface area contributed by atoms with Crippen LogP contribution in [0.4, 0.5) is 0 Å². The predicted octanol–water partition coefficient (Wildman–Crippen LogP) is 1.98. The maximum Gasteiger partial charge on any atom is 0.123 e. The average Bonchev–Trinajstić information content (AvgIpc) is 2.42. The minimum atomic E-state index is 0.148. The molecule has 3 unspecified atom stereocenters. The molecule has 0 spiro atoms. The van der Waals surface area contributed by atoms with E-state index in [1.165, 1.54) is 5.56 Å². The molecule has 4 nitrogen and oxygen atoms in total. The van der Waals surface area contributed by atoms with Crippen LogP contribution < -0.4 is 10.1 Å². The quantitative estimate of drug-likeness (QED) is 0.818. The van der Waals surface area contributed by atoms with Crippen molar-refractivity contribution in [3.63, 3.8) is 0 Å².